The van der Waals surface area contributed by atoms with E-state index in [0.29, 0.717) is 38.1 Å². The van der Waals surface area contributed by atoms with Crippen LogP contribution in [0, 0.1) is 6.92 Å². The number of carbonyl (C=O) groups excluding carboxylic acids is 1. The van der Waals surface area contributed by atoms with Gasteiger partial charge in [-0.25, -0.2) is 9.97 Å². The van der Waals surface area contributed by atoms with Gasteiger partial charge in [-0.05, 0) is 18.9 Å². The van der Waals surface area contributed by atoms with Gasteiger partial charge in [0.05, 0.1) is 21.4 Å². The topological polar surface area (TPSA) is 59.3 Å². The minimum absolute atomic E-state index is 0.294. The molecule has 0 radical (unpaired) electrons. The van der Waals surface area contributed by atoms with Crippen molar-refractivity contribution in [1.82, 2.24) is 14.4 Å². The van der Waals surface area contributed by atoms with E-state index in [9.17, 15) is 4.79 Å². The Morgan fingerprint density at radius 1 is 1.35 bits per heavy atom. The summed E-state index contributed by atoms with van der Waals surface area (Å²) in [5.41, 5.74) is 2.42. The van der Waals surface area contributed by atoms with Crippen molar-refractivity contribution in [3.8, 4) is 0 Å². The van der Waals surface area contributed by atoms with Crippen molar-refractivity contribution in [1.29, 1.82) is 0 Å². The van der Waals surface area contributed by atoms with Crippen LogP contribution in [0.15, 0.2) is 17.6 Å². The zero-order valence-corrected chi connectivity index (χ0v) is 15.1. The van der Waals surface area contributed by atoms with Crippen LogP contribution in [0.25, 0.3) is 5.65 Å². The van der Waals surface area contributed by atoms with E-state index in [1.807, 2.05) is 5.38 Å². The van der Waals surface area contributed by atoms with Crippen LogP contribution in [0.1, 0.15) is 41.6 Å². The van der Waals surface area contributed by atoms with Crippen LogP contribution in [0.3, 0.4) is 0 Å². The highest BCUT2D eigenvalue weighted by Gasteiger charge is 2.20. The first-order valence-electron chi connectivity index (χ1n) is 6.97. The van der Waals surface area contributed by atoms with Gasteiger partial charge in [-0.3, -0.25) is 14.5 Å². The van der Waals surface area contributed by atoms with E-state index in [2.05, 4.69) is 29.1 Å². The normalized spacial score (nSPS) is 11.4. The van der Waals surface area contributed by atoms with E-state index in [4.69, 9.17) is 23.2 Å². The Kier molecular flexibility index (Phi) is 4.31. The first kappa shape index (κ1) is 16.2. The zero-order valence-electron chi connectivity index (χ0n) is 12.7. The van der Waals surface area contributed by atoms with E-state index in [1.165, 1.54) is 11.3 Å². The number of thiazole rings is 1. The van der Waals surface area contributed by atoms with Crippen molar-refractivity contribution in [3.05, 3.63) is 44.8 Å². The molecule has 0 saturated carbocycles. The minimum atomic E-state index is -0.294. The third-order valence-corrected chi connectivity index (χ3v) is 4.63. The Bertz CT molecular complexity index is 900. The summed E-state index contributed by atoms with van der Waals surface area (Å²) >= 11 is 13.6. The average Bonchev–Trinajstić information content (AvgIpc) is 3.03. The van der Waals surface area contributed by atoms with Crippen LogP contribution in [-0.4, -0.2) is 20.3 Å². The van der Waals surface area contributed by atoms with Crippen LogP contribution in [0.4, 0.5) is 5.13 Å². The lowest BCUT2D eigenvalue weighted by molar-refractivity contribution is 0.102. The molecule has 0 spiro atoms. The summed E-state index contributed by atoms with van der Waals surface area (Å²) in [7, 11) is 0. The van der Waals surface area contributed by atoms with Gasteiger partial charge in [0.1, 0.15) is 5.69 Å². The Morgan fingerprint density at radius 3 is 2.74 bits per heavy atom. The smallest absolute Gasteiger partial charge is 0.276 e. The first-order chi connectivity index (χ1) is 10.9. The summed E-state index contributed by atoms with van der Waals surface area (Å²) in [6.07, 6.45) is 1.62. The van der Waals surface area contributed by atoms with Gasteiger partial charge in [0, 0.05) is 11.6 Å². The Labute approximate surface area is 147 Å². The second kappa shape index (κ2) is 6.11. The van der Waals surface area contributed by atoms with Crippen LogP contribution in [-0.2, 0) is 0 Å². The zero-order chi connectivity index (χ0) is 16.7. The number of hydrogen-bond donors (Lipinski definition) is 1. The molecule has 3 heterocycles. The number of nitrogens with one attached hydrogen (secondary N) is 1. The molecule has 0 aromatic carbocycles. The molecular formula is C15H14Cl2N4OS. The fourth-order valence-corrected chi connectivity index (χ4v) is 3.61. The van der Waals surface area contributed by atoms with Gasteiger partial charge in [-0.2, -0.15) is 0 Å². The van der Waals surface area contributed by atoms with Crippen LogP contribution >= 0.6 is 34.5 Å². The van der Waals surface area contributed by atoms with Crippen molar-refractivity contribution in [2.24, 2.45) is 0 Å². The fraction of sp³-hybridized carbons (Fsp3) is 0.267. The van der Waals surface area contributed by atoms with Crippen molar-refractivity contribution in [2.75, 3.05) is 5.32 Å². The summed E-state index contributed by atoms with van der Waals surface area (Å²) in [5.74, 6) is 0.0186. The predicted molar refractivity (Wildman–Crippen MR) is 94.1 cm³/mol. The fourth-order valence-electron chi connectivity index (χ4n) is 2.23. The summed E-state index contributed by atoms with van der Waals surface area (Å²) in [5, 5.41) is 6.14. The highest BCUT2D eigenvalue weighted by molar-refractivity contribution is 7.14. The number of hydrogen-bond acceptors (Lipinski definition) is 4. The monoisotopic (exact) mass is 368 g/mol. The highest BCUT2D eigenvalue weighted by atomic mass is 35.5. The number of anilines is 1. The number of rotatable bonds is 3. The lowest BCUT2D eigenvalue weighted by atomic mass is 10.2. The van der Waals surface area contributed by atoms with E-state index in [-0.39, 0.29) is 5.91 Å². The standard InChI is InChI=1S/C15H14Cl2N4OS/c1-7(2)11-6-23-15(19-11)20-14(22)12-8(3)18-13-10(17)4-9(16)5-21(12)13/h4-7H,1-3H3,(H,19,20,22). The lowest BCUT2D eigenvalue weighted by Crippen LogP contribution is -2.15. The van der Waals surface area contributed by atoms with E-state index in [1.54, 1.807) is 23.6 Å². The van der Waals surface area contributed by atoms with Gasteiger partial charge in [0.15, 0.2) is 10.8 Å². The molecule has 0 unspecified atom stereocenters. The molecule has 8 heteroatoms. The summed E-state index contributed by atoms with van der Waals surface area (Å²) in [4.78, 5) is 21.4. The van der Waals surface area contributed by atoms with Gasteiger partial charge in [-0.15, -0.1) is 11.3 Å². The highest BCUT2D eigenvalue weighted by Crippen LogP contribution is 2.26. The Morgan fingerprint density at radius 2 is 2.09 bits per heavy atom. The number of aromatic nitrogens is 3. The number of fused-ring (bicyclic) bond motifs is 1. The average molecular weight is 369 g/mol. The van der Waals surface area contributed by atoms with Crippen LogP contribution in [0.5, 0.6) is 0 Å². The van der Waals surface area contributed by atoms with Gasteiger partial charge in [0.25, 0.3) is 5.91 Å². The molecule has 5 nitrogen and oxygen atoms in total. The molecule has 3 aromatic heterocycles. The minimum Gasteiger partial charge on any atom is -0.296 e. The number of nitrogens with zero attached hydrogens (tertiary/aromatic N) is 3. The maximum atomic E-state index is 12.6. The molecule has 0 aliphatic carbocycles. The van der Waals surface area contributed by atoms with Gasteiger partial charge < -0.3 is 0 Å². The third kappa shape index (κ3) is 3.06. The van der Waals surface area contributed by atoms with Crippen molar-refractivity contribution in [3.63, 3.8) is 0 Å². The number of halogens is 2. The molecule has 3 aromatic rings. The second-order valence-electron chi connectivity index (χ2n) is 5.43. The van der Waals surface area contributed by atoms with E-state index in [0.717, 1.165) is 5.69 Å². The number of aryl methyl sites for hydroxylation is 1. The van der Waals surface area contributed by atoms with E-state index < -0.39 is 0 Å². The predicted octanol–water partition coefficient (Wildman–Crippen LogP) is 4.78. The molecule has 1 N–H and O–H groups in total. The molecule has 1 amide bonds. The van der Waals surface area contributed by atoms with Crippen LogP contribution in [0.2, 0.25) is 10.0 Å². The van der Waals surface area contributed by atoms with E-state index >= 15 is 0 Å². The summed E-state index contributed by atoms with van der Waals surface area (Å²) in [6, 6.07) is 1.60. The SMILES string of the molecule is Cc1nc2c(Cl)cc(Cl)cn2c1C(=O)Nc1nc(C(C)C)cs1. The molecular weight excluding hydrogens is 355 g/mol. The lowest BCUT2D eigenvalue weighted by Gasteiger charge is -2.04. The van der Waals surface area contributed by atoms with Gasteiger partial charge in [-0.1, -0.05) is 37.0 Å². The maximum Gasteiger partial charge on any atom is 0.276 e. The largest absolute Gasteiger partial charge is 0.296 e. The molecule has 0 bridgehead atoms. The Balaban J connectivity index is 1.98. The quantitative estimate of drug-likeness (QED) is 0.723. The summed E-state index contributed by atoms with van der Waals surface area (Å²) in [6.45, 7) is 5.87. The van der Waals surface area contributed by atoms with Crippen molar-refractivity contribution < 1.29 is 4.79 Å². The third-order valence-electron chi connectivity index (χ3n) is 3.37. The Hall–Kier alpha value is -1.63. The molecule has 0 saturated heterocycles. The number of pyridine rings is 1. The molecule has 0 aliphatic heterocycles. The van der Waals surface area contributed by atoms with Gasteiger partial charge >= 0.3 is 0 Å². The number of amides is 1. The number of carbonyl (C=O) groups is 1. The number of imidazole rings is 1. The molecule has 0 atom stereocenters. The van der Waals surface area contributed by atoms with Crippen LogP contribution < -0.4 is 5.32 Å². The van der Waals surface area contributed by atoms with Crippen molar-refractivity contribution in [2.45, 2.75) is 26.7 Å². The molecule has 120 valence electrons. The molecule has 3 rings (SSSR count). The second-order valence-corrected chi connectivity index (χ2v) is 7.13. The van der Waals surface area contributed by atoms with Crippen molar-refractivity contribution >= 4 is 51.2 Å². The molecule has 0 aliphatic rings. The van der Waals surface area contributed by atoms with Gasteiger partial charge in [0.2, 0.25) is 0 Å². The summed E-state index contributed by atoms with van der Waals surface area (Å²) < 4.78 is 1.60. The molecule has 0 fully saturated rings. The molecule has 23 heavy (non-hydrogen) atoms. The first-order valence-corrected chi connectivity index (χ1v) is 8.61. The maximum absolute atomic E-state index is 12.6.